The van der Waals surface area contributed by atoms with Crippen molar-refractivity contribution in [1.29, 1.82) is 0 Å². The second-order valence-corrected chi connectivity index (χ2v) is 6.51. The van der Waals surface area contributed by atoms with Crippen LogP contribution >= 0.6 is 11.3 Å². The molecule has 0 radical (unpaired) electrons. The van der Waals surface area contributed by atoms with E-state index in [1.54, 1.807) is 53.9 Å². The Labute approximate surface area is 158 Å². The molecule has 4 nitrogen and oxygen atoms in total. The number of carbonyl (C=O) groups is 2. The predicted molar refractivity (Wildman–Crippen MR) is 98.4 cm³/mol. The third-order valence-electron chi connectivity index (χ3n) is 3.74. The zero-order chi connectivity index (χ0) is 19.2. The SMILES string of the molecule is O=C(NCc1cccc(OC(F)F)c1)c1ccccc1C(=O)c1cccs1. The summed E-state index contributed by atoms with van der Waals surface area (Å²) in [7, 11) is 0. The van der Waals surface area contributed by atoms with Crippen molar-refractivity contribution in [3.63, 3.8) is 0 Å². The van der Waals surface area contributed by atoms with Crippen LogP contribution < -0.4 is 10.1 Å². The van der Waals surface area contributed by atoms with Gasteiger partial charge in [-0.3, -0.25) is 9.59 Å². The zero-order valence-electron chi connectivity index (χ0n) is 14.0. The van der Waals surface area contributed by atoms with Gasteiger partial charge in [-0.2, -0.15) is 8.78 Å². The molecular weight excluding hydrogens is 372 g/mol. The number of rotatable bonds is 7. The van der Waals surface area contributed by atoms with Gasteiger partial charge in [-0.15, -0.1) is 11.3 Å². The molecule has 1 heterocycles. The van der Waals surface area contributed by atoms with E-state index >= 15 is 0 Å². The number of alkyl halides is 2. The largest absolute Gasteiger partial charge is 0.435 e. The molecule has 0 spiro atoms. The Balaban J connectivity index is 1.73. The summed E-state index contributed by atoms with van der Waals surface area (Å²) in [5.74, 6) is -0.621. The fourth-order valence-corrected chi connectivity index (χ4v) is 3.21. The van der Waals surface area contributed by atoms with Gasteiger partial charge in [0.05, 0.1) is 10.4 Å². The van der Waals surface area contributed by atoms with Gasteiger partial charge < -0.3 is 10.1 Å². The molecule has 0 bridgehead atoms. The molecule has 0 aliphatic rings. The number of halogens is 2. The molecule has 0 fully saturated rings. The highest BCUT2D eigenvalue weighted by atomic mass is 32.1. The third kappa shape index (κ3) is 4.77. The molecule has 7 heteroatoms. The lowest BCUT2D eigenvalue weighted by Gasteiger charge is -2.10. The normalized spacial score (nSPS) is 10.6. The Morgan fingerprint density at radius 3 is 2.48 bits per heavy atom. The van der Waals surface area contributed by atoms with E-state index in [0.717, 1.165) is 0 Å². The summed E-state index contributed by atoms with van der Waals surface area (Å²) in [5, 5.41) is 4.50. The van der Waals surface area contributed by atoms with Crippen LogP contribution in [0.3, 0.4) is 0 Å². The first kappa shape index (κ1) is 18.7. The minimum atomic E-state index is -2.91. The first-order valence-corrected chi connectivity index (χ1v) is 8.92. The maximum atomic E-state index is 12.6. The van der Waals surface area contributed by atoms with Gasteiger partial charge in [-0.1, -0.05) is 36.4 Å². The van der Waals surface area contributed by atoms with Crippen molar-refractivity contribution in [3.05, 3.63) is 87.6 Å². The van der Waals surface area contributed by atoms with Crippen molar-refractivity contribution in [3.8, 4) is 5.75 Å². The number of hydrogen-bond donors (Lipinski definition) is 1. The topological polar surface area (TPSA) is 55.4 Å². The van der Waals surface area contributed by atoms with Crippen molar-refractivity contribution in [2.75, 3.05) is 0 Å². The molecule has 138 valence electrons. The van der Waals surface area contributed by atoms with Crippen LogP contribution in [0.15, 0.2) is 66.0 Å². The second-order valence-electron chi connectivity index (χ2n) is 5.56. The minimum Gasteiger partial charge on any atom is -0.435 e. The van der Waals surface area contributed by atoms with E-state index in [2.05, 4.69) is 10.1 Å². The van der Waals surface area contributed by atoms with Crippen LogP contribution in [0.2, 0.25) is 0 Å². The van der Waals surface area contributed by atoms with Gasteiger partial charge in [0.1, 0.15) is 5.75 Å². The van der Waals surface area contributed by atoms with Gasteiger partial charge in [0, 0.05) is 12.1 Å². The fraction of sp³-hybridized carbons (Fsp3) is 0.100. The first-order chi connectivity index (χ1) is 13.0. The van der Waals surface area contributed by atoms with Gasteiger partial charge in [0.2, 0.25) is 5.78 Å². The molecule has 1 amide bonds. The monoisotopic (exact) mass is 387 g/mol. The van der Waals surface area contributed by atoms with Crippen molar-refractivity contribution in [1.82, 2.24) is 5.32 Å². The van der Waals surface area contributed by atoms with Crippen LogP contribution in [0.5, 0.6) is 5.75 Å². The summed E-state index contributed by atoms with van der Waals surface area (Å²) in [4.78, 5) is 25.7. The zero-order valence-corrected chi connectivity index (χ0v) is 14.8. The molecule has 1 N–H and O–H groups in total. The molecule has 27 heavy (non-hydrogen) atoms. The molecule has 3 rings (SSSR count). The average Bonchev–Trinajstić information content (AvgIpc) is 3.20. The predicted octanol–water partition coefficient (Wildman–Crippen LogP) is 4.51. The van der Waals surface area contributed by atoms with E-state index in [1.807, 2.05) is 0 Å². The van der Waals surface area contributed by atoms with Crippen LogP contribution in [0.25, 0.3) is 0 Å². The van der Waals surface area contributed by atoms with Crippen molar-refractivity contribution < 1.29 is 23.1 Å². The van der Waals surface area contributed by atoms with Crippen LogP contribution in [0.4, 0.5) is 8.78 Å². The maximum absolute atomic E-state index is 12.6. The molecule has 0 saturated carbocycles. The molecule has 0 unspecified atom stereocenters. The minimum absolute atomic E-state index is 0.0185. The van der Waals surface area contributed by atoms with Gasteiger partial charge >= 0.3 is 6.61 Å². The van der Waals surface area contributed by atoms with Gasteiger partial charge in [0.15, 0.2) is 0 Å². The van der Waals surface area contributed by atoms with Crippen LogP contribution in [0, 0.1) is 0 Å². The quantitative estimate of drug-likeness (QED) is 0.607. The third-order valence-corrected chi connectivity index (χ3v) is 4.61. The summed E-state index contributed by atoms with van der Waals surface area (Å²) in [6.07, 6.45) is 0. The number of thiophene rings is 1. The molecule has 2 aromatic carbocycles. The van der Waals surface area contributed by atoms with E-state index in [1.165, 1.54) is 23.5 Å². The average molecular weight is 387 g/mol. The van der Waals surface area contributed by atoms with Crippen molar-refractivity contribution in [2.24, 2.45) is 0 Å². The van der Waals surface area contributed by atoms with Gasteiger partial charge in [-0.05, 0) is 35.2 Å². The van der Waals surface area contributed by atoms with Crippen molar-refractivity contribution in [2.45, 2.75) is 13.2 Å². The number of carbonyl (C=O) groups excluding carboxylic acids is 2. The van der Waals surface area contributed by atoms with E-state index < -0.39 is 12.5 Å². The Bertz CT molecular complexity index is 942. The number of benzene rings is 2. The lowest BCUT2D eigenvalue weighted by atomic mass is 10.0. The van der Waals surface area contributed by atoms with Gasteiger partial charge in [-0.25, -0.2) is 0 Å². The van der Waals surface area contributed by atoms with Crippen LogP contribution in [0.1, 0.15) is 31.2 Å². The summed E-state index contributed by atoms with van der Waals surface area (Å²) in [6.45, 7) is -2.80. The van der Waals surface area contributed by atoms with Crippen molar-refractivity contribution >= 4 is 23.0 Å². The molecule has 0 saturated heterocycles. The molecule has 3 aromatic rings. The summed E-state index contributed by atoms with van der Waals surface area (Å²) in [5.41, 5.74) is 1.17. The highest BCUT2D eigenvalue weighted by Gasteiger charge is 2.18. The van der Waals surface area contributed by atoms with Crippen LogP contribution in [-0.2, 0) is 6.54 Å². The molecule has 0 atom stereocenters. The summed E-state index contributed by atoms with van der Waals surface area (Å²) >= 11 is 1.31. The van der Waals surface area contributed by atoms with E-state index in [-0.39, 0.29) is 23.6 Å². The van der Waals surface area contributed by atoms with Gasteiger partial charge in [0.25, 0.3) is 5.91 Å². The molecule has 1 aromatic heterocycles. The summed E-state index contributed by atoms with van der Waals surface area (Å²) < 4.78 is 29.0. The number of nitrogens with one attached hydrogen (secondary N) is 1. The maximum Gasteiger partial charge on any atom is 0.387 e. The number of amides is 1. The number of ketones is 1. The highest BCUT2D eigenvalue weighted by Crippen LogP contribution is 2.19. The first-order valence-electron chi connectivity index (χ1n) is 8.04. The van der Waals surface area contributed by atoms with E-state index in [9.17, 15) is 18.4 Å². The Kier molecular flexibility index (Phi) is 5.93. The standard InChI is InChI=1S/C20H15F2NO3S/c21-20(22)26-14-6-3-5-13(11-14)12-23-19(25)16-8-2-1-7-15(16)18(24)17-9-4-10-27-17/h1-11,20H,12H2,(H,23,25). The Morgan fingerprint density at radius 2 is 1.78 bits per heavy atom. The Morgan fingerprint density at radius 1 is 1.00 bits per heavy atom. The Hall–Kier alpha value is -3.06. The fourth-order valence-electron chi connectivity index (χ4n) is 2.53. The highest BCUT2D eigenvalue weighted by molar-refractivity contribution is 7.12. The van der Waals surface area contributed by atoms with Crippen LogP contribution in [-0.4, -0.2) is 18.3 Å². The number of hydrogen-bond acceptors (Lipinski definition) is 4. The van der Waals surface area contributed by atoms with E-state index in [4.69, 9.17) is 0 Å². The lowest BCUT2D eigenvalue weighted by Crippen LogP contribution is -2.25. The lowest BCUT2D eigenvalue weighted by molar-refractivity contribution is -0.0498. The second kappa shape index (κ2) is 8.55. The molecule has 0 aliphatic heterocycles. The molecular formula is C20H15F2NO3S. The van der Waals surface area contributed by atoms with E-state index in [0.29, 0.717) is 16.0 Å². The molecule has 0 aliphatic carbocycles. The summed E-state index contributed by atoms with van der Waals surface area (Å²) in [6, 6.07) is 16.1. The smallest absolute Gasteiger partial charge is 0.387 e. The number of ether oxygens (including phenoxy) is 1.